The van der Waals surface area contributed by atoms with E-state index >= 15 is 0 Å². The molecule has 0 spiro atoms. The Hall–Kier alpha value is -3.33. The molecule has 0 aliphatic carbocycles. The average molecular weight is 425 g/mol. The Bertz CT molecular complexity index is 1070. The maximum Gasteiger partial charge on any atom is 0.322 e. The number of urea groups is 1. The molecule has 1 unspecified atom stereocenters. The van der Waals surface area contributed by atoms with Crippen LogP contribution in [0.1, 0.15) is 18.4 Å². The topological polar surface area (TPSA) is 87.2 Å². The van der Waals surface area contributed by atoms with E-state index in [1.807, 2.05) is 31.2 Å². The van der Waals surface area contributed by atoms with Crippen molar-refractivity contribution in [3.05, 3.63) is 59.9 Å². The lowest BCUT2D eigenvalue weighted by molar-refractivity contribution is -0.119. The van der Waals surface area contributed by atoms with E-state index in [1.54, 1.807) is 17.0 Å². The molecule has 4 rings (SSSR count). The minimum absolute atomic E-state index is 0.298. The second-order valence-electron chi connectivity index (χ2n) is 7.06. The normalized spacial score (nSPS) is 15.8. The van der Waals surface area contributed by atoms with Crippen molar-refractivity contribution in [3.63, 3.8) is 0 Å². The summed E-state index contributed by atoms with van der Waals surface area (Å²) in [6, 6.07) is 12.5. The summed E-state index contributed by atoms with van der Waals surface area (Å²) < 4.78 is 13.1. The van der Waals surface area contributed by atoms with Crippen molar-refractivity contribution in [2.45, 2.75) is 25.8 Å². The molecule has 1 atom stereocenters. The van der Waals surface area contributed by atoms with Crippen LogP contribution in [0.2, 0.25) is 0 Å². The lowest BCUT2D eigenvalue weighted by Crippen LogP contribution is -2.45. The minimum Gasteiger partial charge on any atom is -0.312 e. The van der Waals surface area contributed by atoms with E-state index in [4.69, 9.17) is 0 Å². The summed E-state index contributed by atoms with van der Waals surface area (Å²) in [6.45, 7) is 2.46. The lowest BCUT2D eigenvalue weighted by atomic mass is 10.2. The van der Waals surface area contributed by atoms with Gasteiger partial charge in [-0.2, -0.15) is 0 Å². The van der Waals surface area contributed by atoms with Gasteiger partial charge in [0.2, 0.25) is 11.0 Å². The van der Waals surface area contributed by atoms with Crippen LogP contribution in [0.5, 0.6) is 0 Å². The van der Waals surface area contributed by atoms with E-state index in [1.165, 1.54) is 23.5 Å². The van der Waals surface area contributed by atoms with Crippen LogP contribution < -0.4 is 10.6 Å². The summed E-state index contributed by atoms with van der Waals surface area (Å²) in [5.74, 6) is -0.629. The smallest absolute Gasteiger partial charge is 0.312 e. The monoisotopic (exact) mass is 425 g/mol. The third kappa shape index (κ3) is 4.46. The van der Waals surface area contributed by atoms with Crippen LogP contribution in [0.3, 0.4) is 0 Å². The van der Waals surface area contributed by atoms with Gasteiger partial charge in [0.05, 0.1) is 0 Å². The fourth-order valence-electron chi connectivity index (χ4n) is 3.37. The second-order valence-corrected chi connectivity index (χ2v) is 8.04. The fraction of sp³-hybridized carbons (Fsp3) is 0.238. The summed E-state index contributed by atoms with van der Waals surface area (Å²) >= 11 is 1.20. The molecule has 1 aliphatic heterocycles. The fourth-order valence-corrected chi connectivity index (χ4v) is 4.12. The Balaban J connectivity index is 1.41. The molecule has 1 aliphatic rings. The van der Waals surface area contributed by atoms with Crippen molar-refractivity contribution < 1.29 is 14.0 Å². The molecule has 9 heteroatoms. The molecule has 2 N–H and O–H groups in total. The lowest BCUT2D eigenvalue weighted by Gasteiger charge is -2.23. The minimum atomic E-state index is -0.576. The largest absolute Gasteiger partial charge is 0.322 e. The Kier molecular flexibility index (Phi) is 5.71. The highest BCUT2D eigenvalue weighted by molar-refractivity contribution is 7.18. The van der Waals surface area contributed by atoms with Crippen LogP contribution in [0.15, 0.2) is 48.5 Å². The molecular formula is C21H20FN5O2S. The summed E-state index contributed by atoms with van der Waals surface area (Å²) in [5.41, 5.74) is 2.45. The average Bonchev–Trinajstić information content (AvgIpc) is 3.38. The molecule has 2 aromatic carbocycles. The number of carbonyl (C=O) groups excluding carboxylic acids is 2. The molecule has 3 aromatic rings. The first kappa shape index (κ1) is 20.0. The van der Waals surface area contributed by atoms with Crippen LogP contribution >= 0.6 is 11.3 Å². The summed E-state index contributed by atoms with van der Waals surface area (Å²) in [6.07, 6.45) is 1.33. The molecule has 1 fully saturated rings. The first-order chi connectivity index (χ1) is 14.5. The van der Waals surface area contributed by atoms with E-state index in [9.17, 15) is 14.0 Å². The number of hydrogen-bond donors (Lipinski definition) is 2. The standard InChI is InChI=1S/C21H20FN5O2S/c1-13-4-2-5-16(12-13)23-21(29)27-11-3-6-17(27)18(28)24-20-26-25-19(30-20)14-7-9-15(22)10-8-14/h2,4-5,7-10,12,17H,3,6,11H2,1H3,(H,23,29)(H,24,26,28). The highest BCUT2D eigenvalue weighted by Gasteiger charge is 2.34. The van der Waals surface area contributed by atoms with Crippen molar-refractivity contribution in [2.24, 2.45) is 0 Å². The van der Waals surface area contributed by atoms with Gasteiger partial charge in [-0.3, -0.25) is 10.1 Å². The van der Waals surface area contributed by atoms with E-state index < -0.39 is 6.04 Å². The van der Waals surface area contributed by atoms with Gasteiger partial charge in [-0.15, -0.1) is 10.2 Å². The molecular weight excluding hydrogens is 405 g/mol. The third-order valence-electron chi connectivity index (χ3n) is 4.83. The maximum absolute atomic E-state index is 13.1. The second kappa shape index (κ2) is 8.58. The predicted molar refractivity (Wildman–Crippen MR) is 114 cm³/mol. The van der Waals surface area contributed by atoms with Gasteiger partial charge in [0.1, 0.15) is 16.9 Å². The number of hydrogen-bond acceptors (Lipinski definition) is 5. The predicted octanol–water partition coefficient (Wildman–Crippen LogP) is 4.29. The van der Waals surface area contributed by atoms with E-state index in [0.717, 1.165) is 17.5 Å². The number of anilines is 2. The van der Waals surface area contributed by atoms with Crippen molar-refractivity contribution in [1.82, 2.24) is 15.1 Å². The Morgan fingerprint density at radius 1 is 1.13 bits per heavy atom. The highest BCUT2D eigenvalue weighted by atomic mass is 32.1. The number of nitrogens with zero attached hydrogens (tertiary/aromatic N) is 3. The van der Waals surface area contributed by atoms with Gasteiger partial charge < -0.3 is 10.2 Å². The number of amides is 3. The first-order valence-corrected chi connectivity index (χ1v) is 10.4. The molecule has 1 aromatic heterocycles. The van der Waals surface area contributed by atoms with Crippen molar-refractivity contribution in [1.29, 1.82) is 0 Å². The molecule has 154 valence electrons. The zero-order valence-corrected chi connectivity index (χ0v) is 17.1. The quantitative estimate of drug-likeness (QED) is 0.653. The summed E-state index contributed by atoms with van der Waals surface area (Å²) in [5, 5.41) is 14.6. The zero-order valence-electron chi connectivity index (χ0n) is 16.3. The molecule has 3 amide bonds. The third-order valence-corrected chi connectivity index (χ3v) is 5.72. The van der Waals surface area contributed by atoms with Gasteiger partial charge in [-0.25, -0.2) is 9.18 Å². The Labute approximate surface area is 176 Å². The molecule has 0 bridgehead atoms. The molecule has 0 saturated carbocycles. The number of carbonyl (C=O) groups is 2. The van der Waals surface area contributed by atoms with Gasteiger partial charge in [-0.05, 0) is 61.7 Å². The highest BCUT2D eigenvalue weighted by Crippen LogP contribution is 2.27. The van der Waals surface area contributed by atoms with Crippen molar-refractivity contribution >= 4 is 34.1 Å². The number of likely N-dealkylation sites (tertiary alicyclic amines) is 1. The van der Waals surface area contributed by atoms with Gasteiger partial charge in [0.15, 0.2) is 0 Å². The van der Waals surface area contributed by atoms with Gasteiger partial charge >= 0.3 is 6.03 Å². The number of halogens is 1. The van der Waals surface area contributed by atoms with E-state index in [0.29, 0.717) is 28.8 Å². The number of benzene rings is 2. The van der Waals surface area contributed by atoms with Crippen LogP contribution in [0, 0.1) is 12.7 Å². The first-order valence-electron chi connectivity index (χ1n) is 9.54. The SMILES string of the molecule is Cc1cccc(NC(=O)N2CCCC2C(=O)Nc2nnc(-c3ccc(F)cc3)s2)c1. The van der Waals surface area contributed by atoms with Gasteiger partial charge in [0.25, 0.3) is 0 Å². The number of nitrogens with one attached hydrogen (secondary N) is 2. The Morgan fingerprint density at radius 3 is 2.70 bits per heavy atom. The van der Waals surface area contributed by atoms with Crippen LogP contribution in [0.4, 0.5) is 20.0 Å². The van der Waals surface area contributed by atoms with E-state index in [-0.39, 0.29) is 17.8 Å². The molecule has 30 heavy (non-hydrogen) atoms. The van der Waals surface area contributed by atoms with Crippen molar-refractivity contribution in [2.75, 3.05) is 17.2 Å². The van der Waals surface area contributed by atoms with E-state index in [2.05, 4.69) is 20.8 Å². The van der Waals surface area contributed by atoms with Gasteiger partial charge in [-0.1, -0.05) is 23.5 Å². The van der Waals surface area contributed by atoms with Crippen molar-refractivity contribution in [3.8, 4) is 10.6 Å². The van der Waals surface area contributed by atoms with Crippen LogP contribution in [0.25, 0.3) is 10.6 Å². The number of aromatic nitrogens is 2. The number of aryl methyl sites for hydroxylation is 1. The summed E-state index contributed by atoms with van der Waals surface area (Å²) in [4.78, 5) is 27.0. The van der Waals surface area contributed by atoms with Gasteiger partial charge in [0, 0.05) is 17.8 Å². The van der Waals surface area contributed by atoms with Crippen LogP contribution in [-0.4, -0.2) is 39.6 Å². The van der Waals surface area contributed by atoms with Crippen LogP contribution in [-0.2, 0) is 4.79 Å². The zero-order chi connectivity index (χ0) is 21.1. The summed E-state index contributed by atoms with van der Waals surface area (Å²) in [7, 11) is 0. The molecule has 0 radical (unpaired) electrons. The maximum atomic E-state index is 13.1. The Morgan fingerprint density at radius 2 is 1.93 bits per heavy atom. The molecule has 2 heterocycles. The molecule has 1 saturated heterocycles. The number of rotatable bonds is 4. The molecule has 7 nitrogen and oxygen atoms in total.